The first-order chi connectivity index (χ1) is 12.3. The summed E-state index contributed by atoms with van der Waals surface area (Å²) in [6.07, 6.45) is 4.55. The van der Waals surface area contributed by atoms with Crippen molar-refractivity contribution in [2.24, 2.45) is 0 Å². The van der Waals surface area contributed by atoms with Crippen LogP contribution in [0.5, 0.6) is 0 Å². The molecule has 1 N–H and O–H groups in total. The van der Waals surface area contributed by atoms with Crippen molar-refractivity contribution >= 4 is 5.69 Å². The van der Waals surface area contributed by atoms with Crippen LogP contribution in [-0.4, -0.2) is 49.1 Å². The van der Waals surface area contributed by atoms with Crippen LogP contribution >= 0.6 is 0 Å². The third-order valence-corrected chi connectivity index (χ3v) is 5.24. The Morgan fingerprint density at radius 2 is 1.81 bits per heavy atom. The van der Waals surface area contributed by atoms with E-state index in [2.05, 4.69) is 35.3 Å². The topological polar surface area (TPSA) is 18.5 Å². The summed E-state index contributed by atoms with van der Waals surface area (Å²) < 4.78 is 39.6. The number of piperidine rings is 1. The first-order valence-corrected chi connectivity index (χ1v) is 9.06. The van der Waals surface area contributed by atoms with E-state index >= 15 is 0 Å². The molecule has 3 rings (SSSR count). The minimum atomic E-state index is -4.35. The zero-order valence-electron chi connectivity index (χ0n) is 15.3. The van der Waals surface area contributed by atoms with Gasteiger partial charge in [-0.2, -0.15) is 13.2 Å². The quantitative estimate of drug-likeness (QED) is 0.856. The second kappa shape index (κ2) is 7.74. The predicted molar refractivity (Wildman–Crippen MR) is 99.0 cm³/mol. The van der Waals surface area contributed by atoms with Gasteiger partial charge in [-0.15, -0.1) is 0 Å². The van der Waals surface area contributed by atoms with E-state index in [0.717, 1.165) is 32.0 Å². The molecule has 1 fully saturated rings. The molecule has 2 aliphatic rings. The number of likely N-dealkylation sites (tertiary alicyclic amines) is 1. The molecule has 1 unspecified atom stereocenters. The summed E-state index contributed by atoms with van der Waals surface area (Å²) in [4.78, 5) is 4.64. The van der Waals surface area contributed by atoms with Crippen LogP contribution in [0.1, 0.15) is 24.8 Å². The third kappa shape index (κ3) is 4.41. The van der Waals surface area contributed by atoms with E-state index in [4.69, 9.17) is 0 Å². The lowest BCUT2D eigenvalue weighted by molar-refractivity contribution is -0.137. The van der Waals surface area contributed by atoms with Crippen LogP contribution in [0.2, 0.25) is 0 Å². The lowest BCUT2D eigenvalue weighted by Gasteiger charge is -2.39. The summed E-state index contributed by atoms with van der Waals surface area (Å²) in [6.45, 7) is 1.99. The zero-order valence-corrected chi connectivity index (χ0v) is 15.3. The fraction of sp³-hybridized carbons (Fsp3) is 0.500. The number of nitrogens with zero attached hydrogens (tertiary/aromatic N) is 2. The number of hydrogen-bond acceptors (Lipinski definition) is 3. The van der Waals surface area contributed by atoms with Gasteiger partial charge in [0, 0.05) is 36.9 Å². The molecular formula is C20H26F3N3. The number of hydrogen-bond donors (Lipinski definition) is 1. The van der Waals surface area contributed by atoms with Crippen molar-refractivity contribution < 1.29 is 13.2 Å². The molecule has 3 nitrogen and oxygen atoms in total. The van der Waals surface area contributed by atoms with Crippen molar-refractivity contribution in [3.8, 4) is 0 Å². The van der Waals surface area contributed by atoms with Crippen molar-refractivity contribution in [2.75, 3.05) is 32.5 Å². The number of alkyl halides is 3. The van der Waals surface area contributed by atoms with Gasteiger partial charge in [0.25, 0.3) is 0 Å². The monoisotopic (exact) mass is 365 g/mol. The van der Waals surface area contributed by atoms with Crippen molar-refractivity contribution in [1.82, 2.24) is 9.80 Å². The first-order valence-electron chi connectivity index (χ1n) is 9.06. The minimum absolute atomic E-state index is 0.134. The molecule has 0 bridgehead atoms. The Hall–Kier alpha value is -1.95. The molecule has 1 atom stereocenters. The van der Waals surface area contributed by atoms with Gasteiger partial charge in [0.05, 0.1) is 11.6 Å². The van der Waals surface area contributed by atoms with Gasteiger partial charge in [0.2, 0.25) is 0 Å². The zero-order chi connectivity index (χ0) is 18.7. The largest absolute Gasteiger partial charge is 0.418 e. The molecule has 0 radical (unpaired) electrons. The molecule has 0 aromatic heterocycles. The summed E-state index contributed by atoms with van der Waals surface area (Å²) in [5.41, 5.74) is 0.727. The van der Waals surface area contributed by atoms with Gasteiger partial charge >= 0.3 is 6.18 Å². The average molecular weight is 365 g/mol. The molecule has 26 heavy (non-hydrogen) atoms. The van der Waals surface area contributed by atoms with Gasteiger partial charge in [-0.05, 0) is 45.1 Å². The number of halogens is 3. The van der Waals surface area contributed by atoms with Gasteiger partial charge in [0.15, 0.2) is 0 Å². The smallest absolute Gasteiger partial charge is 0.378 e. The fourth-order valence-electron chi connectivity index (χ4n) is 3.72. The van der Waals surface area contributed by atoms with Crippen molar-refractivity contribution in [3.05, 3.63) is 53.8 Å². The summed E-state index contributed by atoms with van der Waals surface area (Å²) in [5.74, 6) is 0. The van der Waals surface area contributed by atoms with E-state index in [9.17, 15) is 13.2 Å². The molecule has 142 valence electrons. The van der Waals surface area contributed by atoms with E-state index in [0.29, 0.717) is 12.5 Å². The van der Waals surface area contributed by atoms with Crippen molar-refractivity contribution in [3.63, 3.8) is 0 Å². The van der Waals surface area contributed by atoms with Crippen molar-refractivity contribution in [1.29, 1.82) is 0 Å². The third-order valence-electron chi connectivity index (χ3n) is 5.24. The Kier molecular flexibility index (Phi) is 5.61. The number of para-hydroxylation sites is 1. The number of rotatable bonds is 4. The summed E-state index contributed by atoms with van der Waals surface area (Å²) in [7, 11) is 4.22. The summed E-state index contributed by atoms with van der Waals surface area (Å²) in [6, 6.07) is 6.15. The van der Waals surface area contributed by atoms with Crippen LogP contribution in [0.4, 0.5) is 18.9 Å². The maximum absolute atomic E-state index is 13.2. The number of benzene rings is 1. The Balaban J connectivity index is 1.64. The molecule has 0 saturated carbocycles. The normalized spacial score (nSPS) is 21.8. The predicted octanol–water partition coefficient (Wildman–Crippen LogP) is 4.36. The maximum atomic E-state index is 13.2. The molecule has 1 heterocycles. The van der Waals surface area contributed by atoms with Gasteiger partial charge in [-0.3, -0.25) is 0 Å². The van der Waals surface area contributed by atoms with Crippen molar-refractivity contribution in [2.45, 2.75) is 37.5 Å². The molecular weight excluding hydrogens is 339 g/mol. The van der Waals surface area contributed by atoms with Crippen LogP contribution in [0, 0.1) is 0 Å². The maximum Gasteiger partial charge on any atom is 0.418 e. The SMILES string of the molecule is CN(C)C1CCN(C2=CC=CC(Nc3ccccc3C(F)(F)F)C2)CC1. The molecule has 1 saturated heterocycles. The molecule has 1 aliphatic heterocycles. The minimum Gasteiger partial charge on any atom is -0.378 e. The lowest BCUT2D eigenvalue weighted by atomic mass is 9.99. The highest BCUT2D eigenvalue weighted by Crippen LogP contribution is 2.35. The molecule has 0 amide bonds. The number of anilines is 1. The van der Waals surface area contributed by atoms with Gasteiger partial charge in [-0.25, -0.2) is 0 Å². The van der Waals surface area contributed by atoms with Crippen LogP contribution in [0.15, 0.2) is 48.2 Å². The Bertz CT molecular complexity index is 671. The highest BCUT2D eigenvalue weighted by molar-refractivity contribution is 5.54. The fourth-order valence-corrected chi connectivity index (χ4v) is 3.72. The second-order valence-corrected chi connectivity index (χ2v) is 7.22. The highest BCUT2D eigenvalue weighted by Gasteiger charge is 2.33. The van der Waals surface area contributed by atoms with Gasteiger partial charge in [-0.1, -0.05) is 24.3 Å². The van der Waals surface area contributed by atoms with Crippen LogP contribution < -0.4 is 5.32 Å². The Labute approximate surface area is 153 Å². The first kappa shape index (κ1) is 18.8. The number of allylic oxidation sites excluding steroid dienone is 2. The lowest BCUT2D eigenvalue weighted by Crippen LogP contribution is -2.42. The summed E-state index contributed by atoms with van der Waals surface area (Å²) >= 11 is 0. The second-order valence-electron chi connectivity index (χ2n) is 7.22. The van der Waals surface area contributed by atoms with E-state index in [1.54, 1.807) is 6.07 Å². The highest BCUT2D eigenvalue weighted by atomic mass is 19.4. The van der Waals surface area contributed by atoms with Gasteiger partial charge < -0.3 is 15.1 Å². The Morgan fingerprint density at radius 1 is 1.12 bits per heavy atom. The van der Waals surface area contributed by atoms with E-state index in [1.807, 2.05) is 12.2 Å². The average Bonchev–Trinajstić information content (AvgIpc) is 2.61. The van der Waals surface area contributed by atoms with E-state index < -0.39 is 11.7 Å². The summed E-state index contributed by atoms with van der Waals surface area (Å²) in [5, 5.41) is 3.07. The van der Waals surface area contributed by atoms with Crippen LogP contribution in [0.25, 0.3) is 0 Å². The molecule has 1 aromatic carbocycles. The molecule has 6 heteroatoms. The van der Waals surface area contributed by atoms with Crippen LogP contribution in [0.3, 0.4) is 0 Å². The van der Waals surface area contributed by atoms with Crippen LogP contribution in [-0.2, 0) is 6.18 Å². The number of nitrogens with one attached hydrogen (secondary N) is 1. The van der Waals surface area contributed by atoms with Gasteiger partial charge in [0.1, 0.15) is 0 Å². The standard InChI is InChI=1S/C20H26F3N3/c1-25(2)16-10-12-26(13-11-16)17-7-5-6-15(14-17)24-19-9-4-3-8-18(19)20(21,22)23/h3-9,15-16,24H,10-14H2,1-2H3. The van der Waals surface area contributed by atoms with E-state index in [-0.39, 0.29) is 11.7 Å². The Morgan fingerprint density at radius 3 is 2.46 bits per heavy atom. The molecule has 0 spiro atoms. The molecule has 1 aromatic rings. The molecule has 1 aliphatic carbocycles. The van der Waals surface area contributed by atoms with E-state index in [1.165, 1.54) is 17.8 Å².